The average Bonchev–Trinajstić information content (AvgIpc) is 2.44. The van der Waals surface area contributed by atoms with Crippen LogP contribution >= 0.6 is 0 Å². The van der Waals surface area contributed by atoms with Crippen molar-refractivity contribution in [3.05, 3.63) is 11.6 Å². The summed E-state index contributed by atoms with van der Waals surface area (Å²) in [6.07, 6.45) is 0.736. The lowest BCUT2D eigenvalue weighted by Gasteiger charge is -2.38. The molecule has 0 fully saturated rings. The van der Waals surface area contributed by atoms with Gasteiger partial charge in [0.25, 0.3) is 0 Å². The Labute approximate surface area is 125 Å². The van der Waals surface area contributed by atoms with E-state index in [9.17, 15) is 0 Å². The van der Waals surface area contributed by atoms with E-state index in [2.05, 4.69) is 5.48 Å². The first-order chi connectivity index (χ1) is 9.97. The summed E-state index contributed by atoms with van der Waals surface area (Å²) in [4.78, 5) is 5.13. The molecule has 0 aliphatic carbocycles. The Morgan fingerprint density at radius 3 is 2.29 bits per heavy atom. The van der Waals surface area contributed by atoms with Crippen LogP contribution in [-0.4, -0.2) is 34.0 Å². The third-order valence-electron chi connectivity index (χ3n) is 3.52. The van der Waals surface area contributed by atoms with Crippen LogP contribution < -0.4 is 24.4 Å². The van der Waals surface area contributed by atoms with Crippen molar-refractivity contribution in [2.45, 2.75) is 31.9 Å². The lowest BCUT2D eigenvalue weighted by Crippen LogP contribution is -2.39. The van der Waals surface area contributed by atoms with Crippen molar-refractivity contribution in [3.8, 4) is 23.0 Å². The Bertz CT molecular complexity index is 515. The highest BCUT2D eigenvalue weighted by Gasteiger charge is 2.38. The molecule has 0 spiro atoms. The second-order valence-corrected chi connectivity index (χ2v) is 5.50. The Kier molecular flexibility index (Phi) is 4.49. The topological polar surface area (TPSA) is 58.2 Å². The standard InChI is InChI=1S/C15H23NO5/c1-15(2)8-9(16-20-6)12-10(21-15)7-11(17-3)13(18-4)14(12)19-5/h7,9,16H,8H2,1-6H3. The Morgan fingerprint density at radius 2 is 1.76 bits per heavy atom. The molecule has 0 aromatic heterocycles. The second-order valence-electron chi connectivity index (χ2n) is 5.50. The average molecular weight is 297 g/mol. The fraction of sp³-hybridized carbons (Fsp3) is 0.600. The Balaban J connectivity index is 2.64. The number of rotatable bonds is 5. The molecule has 1 N–H and O–H groups in total. The molecule has 1 aromatic carbocycles. The maximum atomic E-state index is 6.07. The number of fused-ring (bicyclic) bond motifs is 1. The minimum atomic E-state index is -0.326. The number of nitrogens with one attached hydrogen (secondary N) is 1. The van der Waals surface area contributed by atoms with Crippen molar-refractivity contribution in [1.82, 2.24) is 5.48 Å². The third kappa shape index (κ3) is 2.87. The van der Waals surface area contributed by atoms with Gasteiger partial charge < -0.3 is 23.8 Å². The highest BCUT2D eigenvalue weighted by molar-refractivity contribution is 5.63. The van der Waals surface area contributed by atoms with E-state index in [4.69, 9.17) is 23.8 Å². The molecule has 6 heteroatoms. The van der Waals surface area contributed by atoms with E-state index in [0.29, 0.717) is 23.0 Å². The number of hydroxylamine groups is 1. The van der Waals surface area contributed by atoms with Crippen molar-refractivity contribution in [2.75, 3.05) is 28.4 Å². The smallest absolute Gasteiger partial charge is 0.203 e. The molecular formula is C15H23NO5. The quantitative estimate of drug-likeness (QED) is 0.843. The third-order valence-corrected chi connectivity index (χ3v) is 3.52. The number of benzene rings is 1. The van der Waals surface area contributed by atoms with Gasteiger partial charge in [0.15, 0.2) is 11.5 Å². The lowest BCUT2D eigenvalue weighted by molar-refractivity contribution is 0.00157. The van der Waals surface area contributed by atoms with Crippen LogP contribution in [0, 0.1) is 0 Å². The van der Waals surface area contributed by atoms with E-state index in [1.54, 1.807) is 28.4 Å². The van der Waals surface area contributed by atoms with Crippen molar-refractivity contribution in [3.63, 3.8) is 0 Å². The lowest BCUT2D eigenvalue weighted by atomic mass is 9.89. The van der Waals surface area contributed by atoms with Crippen LogP contribution in [-0.2, 0) is 4.84 Å². The van der Waals surface area contributed by atoms with Gasteiger partial charge >= 0.3 is 0 Å². The van der Waals surface area contributed by atoms with Crippen LogP contribution in [0.3, 0.4) is 0 Å². The molecule has 2 rings (SSSR count). The molecule has 1 heterocycles. The molecule has 0 radical (unpaired) electrons. The van der Waals surface area contributed by atoms with Gasteiger partial charge in [-0.15, -0.1) is 0 Å². The normalized spacial score (nSPS) is 19.4. The molecule has 1 atom stereocenters. The summed E-state index contributed by atoms with van der Waals surface area (Å²) in [5.41, 5.74) is 3.55. The van der Waals surface area contributed by atoms with Crippen LogP contribution in [0.5, 0.6) is 23.0 Å². The van der Waals surface area contributed by atoms with Gasteiger partial charge in [0.1, 0.15) is 11.4 Å². The number of hydrogen-bond donors (Lipinski definition) is 1. The largest absolute Gasteiger partial charge is 0.493 e. The molecule has 6 nitrogen and oxygen atoms in total. The van der Waals surface area contributed by atoms with Crippen molar-refractivity contribution in [1.29, 1.82) is 0 Å². The summed E-state index contributed by atoms with van der Waals surface area (Å²) in [6, 6.07) is 1.76. The molecule has 21 heavy (non-hydrogen) atoms. The van der Waals surface area contributed by atoms with Gasteiger partial charge in [-0.3, -0.25) is 0 Å². The Hall–Kier alpha value is -1.66. The summed E-state index contributed by atoms with van der Waals surface area (Å²) in [5.74, 6) is 2.42. The van der Waals surface area contributed by atoms with E-state index >= 15 is 0 Å². The van der Waals surface area contributed by atoms with Crippen LogP contribution in [0.1, 0.15) is 31.9 Å². The molecule has 1 aliphatic heterocycles. The molecule has 0 bridgehead atoms. The summed E-state index contributed by atoms with van der Waals surface area (Å²) in [5, 5.41) is 0. The molecule has 0 saturated heterocycles. The molecule has 1 aliphatic rings. The van der Waals surface area contributed by atoms with Gasteiger partial charge in [0, 0.05) is 12.5 Å². The summed E-state index contributed by atoms with van der Waals surface area (Å²) in [7, 11) is 6.36. The molecule has 118 valence electrons. The zero-order valence-electron chi connectivity index (χ0n) is 13.4. The first kappa shape index (κ1) is 15.7. The second kappa shape index (κ2) is 5.99. The van der Waals surface area contributed by atoms with E-state index in [1.807, 2.05) is 19.9 Å². The summed E-state index contributed by atoms with van der Waals surface area (Å²) >= 11 is 0. The molecule has 0 saturated carbocycles. The fourth-order valence-electron chi connectivity index (χ4n) is 2.75. The molecular weight excluding hydrogens is 274 g/mol. The van der Waals surface area contributed by atoms with E-state index in [-0.39, 0.29) is 11.6 Å². The fourth-order valence-corrected chi connectivity index (χ4v) is 2.75. The van der Waals surface area contributed by atoms with E-state index < -0.39 is 0 Å². The highest BCUT2D eigenvalue weighted by atomic mass is 16.6. The van der Waals surface area contributed by atoms with Crippen molar-refractivity contribution in [2.24, 2.45) is 0 Å². The van der Waals surface area contributed by atoms with Crippen molar-refractivity contribution < 1.29 is 23.8 Å². The number of methoxy groups -OCH3 is 3. The van der Waals surface area contributed by atoms with E-state index in [1.165, 1.54) is 0 Å². The number of hydrogen-bond acceptors (Lipinski definition) is 6. The van der Waals surface area contributed by atoms with Crippen molar-refractivity contribution >= 4 is 0 Å². The minimum Gasteiger partial charge on any atom is -0.493 e. The minimum absolute atomic E-state index is 0.0662. The summed E-state index contributed by atoms with van der Waals surface area (Å²) < 4.78 is 22.4. The first-order valence-corrected chi connectivity index (χ1v) is 6.77. The molecule has 1 unspecified atom stereocenters. The van der Waals surface area contributed by atoms with Crippen LogP contribution in [0.25, 0.3) is 0 Å². The van der Waals surface area contributed by atoms with Gasteiger partial charge in [-0.05, 0) is 13.8 Å². The predicted molar refractivity (Wildman–Crippen MR) is 78.3 cm³/mol. The summed E-state index contributed by atoms with van der Waals surface area (Å²) in [6.45, 7) is 4.06. The maximum absolute atomic E-state index is 6.07. The zero-order valence-corrected chi connectivity index (χ0v) is 13.4. The predicted octanol–water partition coefficient (Wildman–Crippen LogP) is 2.47. The van der Waals surface area contributed by atoms with Crippen LogP contribution in [0.15, 0.2) is 6.07 Å². The van der Waals surface area contributed by atoms with Gasteiger partial charge in [-0.2, -0.15) is 5.48 Å². The van der Waals surface area contributed by atoms with Gasteiger partial charge in [-0.1, -0.05) is 0 Å². The SMILES string of the molecule is CONC1CC(C)(C)Oc2cc(OC)c(OC)c(OC)c21. The number of ether oxygens (including phenoxy) is 4. The van der Waals surface area contributed by atoms with Gasteiger partial charge in [0.05, 0.1) is 40.0 Å². The zero-order chi connectivity index (χ0) is 15.6. The van der Waals surface area contributed by atoms with E-state index in [0.717, 1.165) is 12.0 Å². The van der Waals surface area contributed by atoms with Crippen LogP contribution in [0.2, 0.25) is 0 Å². The van der Waals surface area contributed by atoms with Gasteiger partial charge in [-0.25, -0.2) is 0 Å². The van der Waals surface area contributed by atoms with Crippen LogP contribution in [0.4, 0.5) is 0 Å². The first-order valence-electron chi connectivity index (χ1n) is 6.77. The monoisotopic (exact) mass is 297 g/mol. The molecule has 1 aromatic rings. The van der Waals surface area contributed by atoms with Gasteiger partial charge in [0.2, 0.25) is 5.75 Å². The highest BCUT2D eigenvalue weighted by Crippen LogP contribution is 2.52. The Morgan fingerprint density at radius 1 is 1.10 bits per heavy atom. The molecule has 0 amide bonds. The maximum Gasteiger partial charge on any atom is 0.203 e.